The molecule has 0 aliphatic carbocycles. The van der Waals surface area contributed by atoms with Crippen molar-refractivity contribution in [3.8, 4) is 5.75 Å². The Kier molecular flexibility index (Phi) is 8.69. The number of piperidine rings is 1. The fourth-order valence-electron chi connectivity index (χ4n) is 3.40. The first-order valence-electron chi connectivity index (χ1n) is 10.3. The summed E-state index contributed by atoms with van der Waals surface area (Å²) in [5.74, 6) is -0.0864. The Bertz CT molecular complexity index is 1040. The van der Waals surface area contributed by atoms with E-state index in [1.165, 1.54) is 9.71 Å². The molecule has 2 aromatic carbocycles. The van der Waals surface area contributed by atoms with Crippen molar-refractivity contribution < 1.29 is 22.7 Å². The van der Waals surface area contributed by atoms with E-state index in [1.807, 2.05) is 30.3 Å². The molecule has 0 atom stereocenters. The summed E-state index contributed by atoms with van der Waals surface area (Å²) in [4.78, 5) is 12.8. The van der Waals surface area contributed by atoms with E-state index in [0.29, 0.717) is 42.5 Å². The highest BCUT2D eigenvalue weighted by atomic mass is 35.5. The molecule has 32 heavy (non-hydrogen) atoms. The molecule has 1 aliphatic rings. The van der Waals surface area contributed by atoms with E-state index in [-0.39, 0.29) is 24.9 Å². The third kappa shape index (κ3) is 6.56. The number of amides is 1. The van der Waals surface area contributed by atoms with Crippen LogP contribution in [0.3, 0.4) is 0 Å². The second-order valence-electron chi connectivity index (χ2n) is 7.38. The van der Waals surface area contributed by atoms with Crippen molar-refractivity contribution >= 4 is 39.3 Å². The molecule has 0 radical (unpaired) electrons. The Balaban J connectivity index is 1.58. The van der Waals surface area contributed by atoms with Gasteiger partial charge in [-0.15, -0.1) is 0 Å². The second-order valence-corrected chi connectivity index (χ2v) is 9.60. The Morgan fingerprint density at radius 3 is 2.53 bits per heavy atom. The van der Waals surface area contributed by atoms with Crippen LogP contribution in [-0.4, -0.2) is 52.0 Å². The van der Waals surface area contributed by atoms with Crippen molar-refractivity contribution in [1.29, 1.82) is 0 Å². The zero-order valence-corrected chi connectivity index (χ0v) is 19.4. The molecule has 0 saturated carbocycles. The van der Waals surface area contributed by atoms with Gasteiger partial charge in [-0.25, -0.2) is 8.42 Å². The lowest BCUT2D eigenvalue weighted by Gasteiger charge is -2.29. The molecule has 1 heterocycles. The molecule has 0 aromatic heterocycles. The predicted molar refractivity (Wildman–Crippen MR) is 126 cm³/mol. The summed E-state index contributed by atoms with van der Waals surface area (Å²) < 4.78 is 37.3. The van der Waals surface area contributed by atoms with Gasteiger partial charge in [0.2, 0.25) is 15.9 Å². The molecule has 2 aromatic rings. The molecular weight excluding hydrogens is 452 g/mol. The largest absolute Gasteiger partial charge is 0.487 e. The number of ether oxygens (including phenoxy) is 2. The molecule has 1 aliphatic heterocycles. The van der Waals surface area contributed by atoms with Crippen LogP contribution < -0.4 is 10.1 Å². The number of halogens is 1. The Hall–Kier alpha value is -2.39. The van der Waals surface area contributed by atoms with Gasteiger partial charge < -0.3 is 14.8 Å². The molecule has 0 unspecified atom stereocenters. The molecule has 1 N–H and O–H groups in total. The average Bonchev–Trinajstić information content (AvgIpc) is 2.80. The van der Waals surface area contributed by atoms with Gasteiger partial charge in [-0.05, 0) is 36.6 Å². The zero-order valence-electron chi connectivity index (χ0n) is 17.9. The second kappa shape index (κ2) is 11.5. The number of methoxy groups -OCH3 is 1. The number of nitrogens with zero attached hydrogens (tertiary/aromatic N) is 1. The summed E-state index contributed by atoms with van der Waals surface area (Å²) >= 11 is 6.22. The van der Waals surface area contributed by atoms with Gasteiger partial charge in [-0.1, -0.05) is 48.0 Å². The van der Waals surface area contributed by atoms with Gasteiger partial charge >= 0.3 is 0 Å². The van der Waals surface area contributed by atoms with Crippen LogP contribution in [0.5, 0.6) is 5.75 Å². The number of hydrogen-bond acceptors (Lipinski definition) is 5. The van der Waals surface area contributed by atoms with Crippen molar-refractivity contribution in [2.75, 3.05) is 38.7 Å². The quantitative estimate of drug-likeness (QED) is 0.550. The number of carbonyl (C=O) groups excluding carboxylic acids is 1. The molecule has 0 bridgehead atoms. The van der Waals surface area contributed by atoms with Gasteiger partial charge in [-0.2, -0.15) is 4.31 Å². The summed E-state index contributed by atoms with van der Waals surface area (Å²) in [6.07, 6.45) is 2.45. The standard InChI is InChI=1S/C23H27ClN2O5S/c1-30-15-16-31-22-20(24)8-5-9-21(22)25-23(27)19-10-13-26(14-11-19)32(28,29)17-12-18-6-3-2-4-7-18/h2-9,12,17,19H,10-11,13-16H2,1H3,(H,25,27)/b17-12+. The monoisotopic (exact) mass is 478 g/mol. The number of hydrogen-bond donors (Lipinski definition) is 1. The molecule has 1 amide bonds. The minimum atomic E-state index is -3.54. The number of rotatable bonds is 9. The summed E-state index contributed by atoms with van der Waals surface area (Å²) in [6.45, 7) is 1.26. The van der Waals surface area contributed by atoms with E-state index >= 15 is 0 Å². The van der Waals surface area contributed by atoms with E-state index in [4.69, 9.17) is 21.1 Å². The summed E-state index contributed by atoms with van der Waals surface area (Å²) in [7, 11) is -1.97. The highest BCUT2D eigenvalue weighted by Crippen LogP contribution is 2.34. The highest BCUT2D eigenvalue weighted by molar-refractivity contribution is 7.92. The molecule has 172 valence electrons. The van der Waals surface area contributed by atoms with Crippen LogP contribution in [0.1, 0.15) is 18.4 Å². The topological polar surface area (TPSA) is 84.9 Å². The third-order valence-corrected chi connectivity index (χ3v) is 7.04. The lowest BCUT2D eigenvalue weighted by molar-refractivity contribution is -0.120. The molecular formula is C23H27ClN2O5S. The maximum absolute atomic E-state index is 12.8. The van der Waals surface area contributed by atoms with Gasteiger partial charge in [0.25, 0.3) is 0 Å². The first-order valence-corrected chi connectivity index (χ1v) is 12.2. The third-order valence-electron chi connectivity index (χ3n) is 5.18. The van der Waals surface area contributed by atoms with Crippen LogP contribution in [0.25, 0.3) is 6.08 Å². The Labute approximate surface area is 194 Å². The SMILES string of the molecule is COCCOc1c(Cl)cccc1NC(=O)C1CCN(S(=O)(=O)/C=C/c2ccccc2)CC1. The van der Waals surface area contributed by atoms with E-state index in [0.717, 1.165) is 5.56 Å². The fraction of sp³-hybridized carbons (Fsp3) is 0.348. The van der Waals surface area contributed by atoms with Crippen molar-refractivity contribution in [1.82, 2.24) is 4.31 Å². The fourth-order valence-corrected chi connectivity index (χ4v) is 4.85. The van der Waals surface area contributed by atoms with E-state index in [2.05, 4.69) is 5.32 Å². The van der Waals surface area contributed by atoms with Gasteiger partial charge in [0, 0.05) is 31.5 Å². The highest BCUT2D eigenvalue weighted by Gasteiger charge is 2.30. The van der Waals surface area contributed by atoms with Crippen LogP contribution in [-0.2, 0) is 19.6 Å². The lowest BCUT2D eigenvalue weighted by Crippen LogP contribution is -2.40. The van der Waals surface area contributed by atoms with Crippen LogP contribution in [0.4, 0.5) is 5.69 Å². The summed E-state index contributed by atoms with van der Waals surface area (Å²) in [5, 5.41) is 4.49. The smallest absolute Gasteiger partial charge is 0.236 e. The summed E-state index contributed by atoms with van der Waals surface area (Å²) in [5.41, 5.74) is 1.30. The first kappa shape index (κ1) is 24.3. The lowest BCUT2D eigenvalue weighted by atomic mass is 9.97. The number of benzene rings is 2. The van der Waals surface area contributed by atoms with Gasteiger partial charge in [0.15, 0.2) is 5.75 Å². The molecule has 7 nitrogen and oxygen atoms in total. The molecule has 1 saturated heterocycles. The predicted octanol–water partition coefficient (Wildman–Crippen LogP) is 4.02. The number of anilines is 1. The number of carbonyl (C=O) groups is 1. The zero-order chi connectivity index (χ0) is 23.0. The number of nitrogens with one attached hydrogen (secondary N) is 1. The molecule has 1 fully saturated rings. The van der Waals surface area contributed by atoms with Crippen molar-refractivity contribution in [2.45, 2.75) is 12.8 Å². The van der Waals surface area contributed by atoms with E-state index in [1.54, 1.807) is 31.4 Å². The van der Waals surface area contributed by atoms with Crippen molar-refractivity contribution in [3.05, 3.63) is 64.5 Å². The van der Waals surface area contributed by atoms with Gasteiger partial charge in [0.05, 0.1) is 17.3 Å². The normalized spacial score (nSPS) is 15.7. The number of para-hydroxylation sites is 1. The molecule has 0 spiro atoms. The van der Waals surface area contributed by atoms with Crippen molar-refractivity contribution in [3.63, 3.8) is 0 Å². The maximum atomic E-state index is 12.8. The van der Waals surface area contributed by atoms with Crippen LogP contribution in [0.2, 0.25) is 5.02 Å². The van der Waals surface area contributed by atoms with Crippen LogP contribution in [0, 0.1) is 5.92 Å². The van der Waals surface area contributed by atoms with E-state index in [9.17, 15) is 13.2 Å². The van der Waals surface area contributed by atoms with Crippen LogP contribution >= 0.6 is 11.6 Å². The summed E-state index contributed by atoms with van der Waals surface area (Å²) in [6, 6.07) is 14.4. The van der Waals surface area contributed by atoms with Gasteiger partial charge in [-0.3, -0.25) is 4.79 Å². The van der Waals surface area contributed by atoms with Gasteiger partial charge in [0.1, 0.15) is 6.61 Å². The Morgan fingerprint density at radius 2 is 1.84 bits per heavy atom. The minimum Gasteiger partial charge on any atom is -0.487 e. The molecule has 3 rings (SSSR count). The van der Waals surface area contributed by atoms with Crippen molar-refractivity contribution in [2.24, 2.45) is 5.92 Å². The maximum Gasteiger partial charge on any atom is 0.236 e. The minimum absolute atomic E-state index is 0.180. The van der Waals surface area contributed by atoms with Crippen LogP contribution in [0.15, 0.2) is 53.9 Å². The molecule has 9 heteroatoms. The Morgan fingerprint density at radius 1 is 1.12 bits per heavy atom. The first-order chi connectivity index (χ1) is 15.4. The number of sulfonamides is 1. The average molecular weight is 479 g/mol. The van der Waals surface area contributed by atoms with E-state index < -0.39 is 10.0 Å².